The van der Waals surface area contributed by atoms with Crippen molar-refractivity contribution in [1.29, 1.82) is 0 Å². The number of rotatable bonds is 4. The van der Waals surface area contributed by atoms with Gasteiger partial charge in [0.05, 0.1) is 5.56 Å². The summed E-state index contributed by atoms with van der Waals surface area (Å²) in [5.74, 6) is -0.887. The molecule has 0 aromatic heterocycles. The monoisotopic (exact) mass is 389 g/mol. The highest BCUT2D eigenvalue weighted by atomic mass is 79.9. The van der Waals surface area contributed by atoms with Gasteiger partial charge in [0, 0.05) is 15.6 Å². The first-order valence-electron chi connectivity index (χ1n) is 7.60. The summed E-state index contributed by atoms with van der Waals surface area (Å²) < 4.78 is 6.39. The molecule has 4 nitrogen and oxygen atoms in total. The number of nitrogens with one attached hydrogen (secondary N) is 1. The van der Waals surface area contributed by atoms with Gasteiger partial charge in [0.15, 0.2) is 0 Å². The lowest BCUT2D eigenvalue weighted by molar-refractivity contribution is -0.131. The molecule has 5 heteroatoms. The van der Waals surface area contributed by atoms with E-state index in [2.05, 4.69) is 21.2 Å². The van der Waals surface area contributed by atoms with E-state index >= 15 is 0 Å². The lowest BCUT2D eigenvalue weighted by atomic mass is 10.1. The zero-order valence-electron chi connectivity index (χ0n) is 13.9. The first-order chi connectivity index (χ1) is 11.3. The fraction of sp³-hybridized carbons (Fsp3) is 0.263. The Morgan fingerprint density at radius 1 is 1.00 bits per heavy atom. The van der Waals surface area contributed by atoms with Crippen molar-refractivity contribution in [3.05, 3.63) is 70.2 Å². The summed E-state index contributed by atoms with van der Waals surface area (Å²) in [6, 6.07) is 15.8. The molecular weight excluding hydrogens is 370 g/mol. The Balaban J connectivity index is 2.27. The van der Waals surface area contributed by atoms with E-state index < -0.39 is 17.6 Å². The topological polar surface area (TPSA) is 55.4 Å². The van der Waals surface area contributed by atoms with Crippen molar-refractivity contribution >= 4 is 27.8 Å². The van der Waals surface area contributed by atoms with Crippen molar-refractivity contribution in [3.8, 4) is 0 Å². The predicted octanol–water partition coefficient (Wildman–Crippen LogP) is 4.26. The zero-order valence-corrected chi connectivity index (χ0v) is 15.5. The van der Waals surface area contributed by atoms with E-state index in [-0.39, 0.29) is 5.91 Å². The molecule has 1 unspecified atom stereocenters. The summed E-state index contributed by atoms with van der Waals surface area (Å²) >= 11 is 3.36. The molecule has 0 saturated carbocycles. The molecule has 0 spiro atoms. The Hall–Kier alpha value is -2.14. The molecule has 2 rings (SSSR count). The maximum atomic E-state index is 12.6. The fourth-order valence-electron chi connectivity index (χ4n) is 2.09. The SMILES string of the molecule is CC(C)(C)NC(=O)C(OC(=O)c1ccccc1)c1ccc(Br)cc1. The summed E-state index contributed by atoms with van der Waals surface area (Å²) in [6.45, 7) is 5.63. The summed E-state index contributed by atoms with van der Waals surface area (Å²) in [6.07, 6.45) is -1.01. The summed E-state index contributed by atoms with van der Waals surface area (Å²) in [5, 5.41) is 2.86. The second-order valence-electron chi connectivity index (χ2n) is 6.44. The van der Waals surface area contributed by atoms with Crippen LogP contribution in [0.2, 0.25) is 0 Å². The van der Waals surface area contributed by atoms with Crippen LogP contribution in [0.3, 0.4) is 0 Å². The van der Waals surface area contributed by atoms with Gasteiger partial charge in [0.2, 0.25) is 6.10 Å². The lowest BCUT2D eigenvalue weighted by Gasteiger charge is -2.25. The fourth-order valence-corrected chi connectivity index (χ4v) is 2.36. The van der Waals surface area contributed by atoms with Crippen LogP contribution in [-0.2, 0) is 9.53 Å². The van der Waals surface area contributed by atoms with Crippen molar-refractivity contribution in [2.45, 2.75) is 32.4 Å². The van der Waals surface area contributed by atoms with Crippen molar-refractivity contribution in [1.82, 2.24) is 5.32 Å². The van der Waals surface area contributed by atoms with Gasteiger partial charge in [-0.3, -0.25) is 4.79 Å². The van der Waals surface area contributed by atoms with Crippen LogP contribution >= 0.6 is 15.9 Å². The highest BCUT2D eigenvalue weighted by Gasteiger charge is 2.28. The maximum absolute atomic E-state index is 12.6. The van der Waals surface area contributed by atoms with E-state index in [1.807, 2.05) is 39.0 Å². The first kappa shape index (κ1) is 18.2. The quantitative estimate of drug-likeness (QED) is 0.794. The van der Waals surface area contributed by atoms with E-state index in [9.17, 15) is 9.59 Å². The van der Waals surface area contributed by atoms with Crippen LogP contribution in [0.15, 0.2) is 59.1 Å². The lowest BCUT2D eigenvalue weighted by Crippen LogP contribution is -2.44. The largest absolute Gasteiger partial charge is 0.444 e. The molecule has 0 heterocycles. The van der Waals surface area contributed by atoms with E-state index in [4.69, 9.17) is 4.74 Å². The average molecular weight is 390 g/mol. The van der Waals surface area contributed by atoms with E-state index in [0.717, 1.165) is 4.47 Å². The van der Waals surface area contributed by atoms with Gasteiger partial charge in [-0.1, -0.05) is 46.3 Å². The molecule has 0 saturated heterocycles. The average Bonchev–Trinajstić information content (AvgIpc) is 2.52. The Bertz CT molecular complexity index is 706. The molecule has 1 N–H and O–H groups in total. The van der Waals surface area contributed by atoms with Crippen LogP contribution in [0.25, 0.3) is 0 Å². The third kappa shape index (κ3) is 5.20. The zero-order chi connectivity index (χ0) is 17.7. The van der Waals surface area contributed by atoms with Gasteiger partial charge in [0.25, 0.3) is 5.91 Å². The van der Waals surface area contributed by atoms with Crippen LogP contribution in [0, 0.1) is 0 Å². The predicted molar refractivity (Wildman–Crippen MR) is 96.6 cm³/mol. The molecule has 1 amide bonds. The van der Waals surface area contributed by atoms with E-state index in [1.165, 1.54) is 0 Å². The molecule has 126 valence electrons. The summed E-state index contributed by atoms with van der Waals surface area (Å²) in [5.41, 5.74) is 0.594. The Morgan fingerprint density at radius 3 is 2.12 bits per heavy atom. The number of hydrogen-bond acceptors (Lipinski definition) is 3. The third-order valence-electron chi connectivity index (χ3n) is 3.14. The molecule has 0 fully saturated rings. The van der Waals surface area contributed by atoms with Crippen LogP contribution < -0.4 is 5.32 Å². The highest BCUT2D eigenvalue weighted by Crippen LogP contribution is 2.23. The number of amides is 1. The minimum Gasteiger partial charge on any atom is -0.444 e. The van der Waals surface area contributed by atoms with Crippen molar-refractivity contribution in [3.63, 3.8) is 0 Å². The minimum atomic E-state index is -1.01. The van der Waals surface area contributed by atoms with Gasteiger partial charge in [0.1, 0.15) is 0 Å². The number of benzene rings is 2. The second kappa shape index (κ2) is 7.62. The summed E-state index contributed by atoms with van der Waals surface area (Å²) in [4.78, 5) is 25.0. The molecule has 2 aromatic rings. The van der Waals surface area contributed by atoms with Gasteiger partial charge < -0.3 is 10.1 Å². The molecule has 0 aliphatic heterocycles. The van der Waals surface area contributed by atoms with Gasteiger partial charge in [-0.15, -0.1) is 0 Å². The Labute approximate surface area is 150 Å². The van der Waals surface area contributed by atoms with Crippen molar-refractivity contribution < 1.29 is 14.3 Å². The molecule has 0 radical (unpaired) electrons. The molecule has 0 bridgehead atoms. The number of hydrogen-bond donors (Lipinski definition) is 1. The molecule has 1 atom stereocenters. The third-order valence-corrected chi connectivity index (χ3v) is 3.67. The molecule has 0 aliphatic rings. The second-order valence-corrected chi connectivity index (χ2v) is 7.36. The first-order valence-corrected chi connectivity index (χ1v) is 8.39. The number of carbonyl (C=O) groups is 2. The van der Waals surface area contributed by atoms with Crippen LogP contribution in [0.5, 0.6) is 0 Å². The van der Waals surface area contributed by atoms with Gasteiger partial charge in [-0.2, -0.15) is 0 Å². The van der Waals surface area contributed by atoms with Gasteiger partial charge in [-0.25, -0.2) is 4.79 Å². The number of ether oxygens (including phenoxy) is 1. The summed E-state index contributed by atoms with van der Waals surface area (Å²) in [7, 11) is 0. The van der Waals surface area contributed by atoms with Crippen LogP contribution in [-0.4, -0.2) is 17.4 Å². The van der Waals surface area contributed by atoms with Crippen LogP contribution in [0.4, 0.5) is 0 Å². The maximum Gasteiger partial charge on any atom is 0.339 e. The van der Waals surface area contributed by atoms with Crippen LogP contribution in [0.1, 0.15) is 42.8 Å². The standard InChI is InChI=1S/C19H20BrNO3/c1-19(2,3)21-17(22)16(13-9-11-15(20)12-10-13)24-18(23)14-7-5-4-6-8-14/h4-12,16H,1-3H3,(H,21,22). The van der Waals surface area contributed by atoms with E-state index in [0.29, 0.717) is 11.1 Å². The molecule has 0 aliphatic carbocycles. The van der Waals surface area contributed by atoms with Crippen molar-refractivity contribution in [2.75, 3.05) is 0 Å². The number of esters is 1. The van der Waals surface area contributed by atoms with Gasteiger partial charge in [-0.05, 0) is 45.0 Å². The number of halogens is 1. The smallest absolute Gasteiger partial charge is 0.339 e. The van der Waals surface area contributed by atoms with Crippen molar-refractivity contribution in [2.24, 2.45) is 0 Å². The molecule has 2 aromatic carbocycles. The normalized spacial score (nSPS) is 12.3. The Morgan fingerprint density at radius 2 is 1.58 bits per heavy atom. The highest BCUT2D eigenvalue weighted by molar-refractivity contribution is 9.10. The molecular formula is C19H20BrNO3. The number of carbonyl (C=O) groups excluding carboxylic acids is 2. The van der Waals surface area contributed by atoms with Gasteiger partial charge >= 0.3 is 5.97 Å². The van der Waals surface area contributed by atoms with E-state index in [1.54, 1.807) is 36.4 Å². The minimum absolute atomic E-state index is 0.353. The Kier molecular flexibility index (Phi) is 5.78. The molecule has 24 heavy (non-hydrogen) atoms.